The number of hydrogen-bond acceptors (Lipinski definition) is 4. The van der Waals surface area contributed by atoms with Crippen LogP contribution in [0.1, 0.15) is 42.3 Å². The summed E-state index contributed by atoms with van der Waals surface area (Å²) in [5.74, 6) is -1.13. The number of carboxylic acid groups (broad SMARTS) is 1. The molecule has 1 aromatic rings. The number of amides is 1. The molecule has 0 atom stereocenters. The van der Waals surface area contributed by atoms with Gasteiger partial charge >= 0.3 is 12.1 Å². The molecule has 1 amide bonds. The standard InChI is InChI=1S/C14H18N2O5/c1-14(2,3)21-13(20)16-5-4-8-10(7-16)9(12(18)19)6-15-11(8)17/h6H,4-5,7H2,1-3H3,(H,15,17)(H,18,19). The smallest absolute Gasteiger partial charge is 0.410 e. The Hall–Kier alpha value is -2.31. The van der Waals surface area contributed by atoms with Crippen LogP contribution in [0.4, 0.5) is 4.79 Å². The van der Waals surface area contributed by atoms with Crippen molar-refractivity contribution in [2.75, 3.05) is 6.54 Å². The van der Waals surface area contributed by atoms with Crippen LogP contribution in [-0.4, -0.2) is 39.2 Å². The Morgan fingerprint density at radius 2 is 2.00 bits per heavy atom. The lowest BCUT2D eigenvalue weighted by atomic mass is 9.97. The number of nitrogens with one attached hydrogen (secondary N) is 1. The van der Waals surface area contributed by atoms with Gasteiger partial charge in [0, 0.05) is 18.3 Å². The molecule has 0 aromatic carbocycles. The van der Waals surface area contributed by atoms with E-state index in [9.17, 15) is 19.5 Å². The fraction of sp³-hybridized carbons (Fsp3) is 0.500. The Labute approximate surface area is 121 Å². The minimum absolute atomic E-state index is 0.0119. The van der Waals surface area contributed by atoms with Crippen molar-refractivity contribution in [1.82, 2.24) is 9.88 Å². The molecule has 0 saturated carbocycles. The lowest BCUT2D eigenvalue weighted by Gasteiger charge is -2.31. The van der Waals surface area contributed by atoms with Gasteiger partial charge in [0.15, 0.2) is 0 Å². The van der Waals surface area contributed by atoms with Crippen LogP contribution in [0.15, 0.2) is 11.0 Å². The van der Waals surface area contributed by atoms with Crippen molar-refractivity contribution >= 4 is 12.1 Å². The molecule has 1 aliphatic heterocycles. The van der Waals surface area contributed by atoms with Crippen LogP contribution in [0.25, 0.3) is 0 Å². The van der Waals surface area contributed by atoms with Crippen molar-refractivity contribution in [1.29, 1.82) is 0 Å². The van der Waals surface area contributed by atoms with E-state index >= 15 is 0 Å². The summed E-state index contributed by atoms with van der Waals surface area (Å²) in [4.78, 5) is 38.9. The number of H-pyrrole nitrogens is 1. The fourth-order valence-electron chi connectivity index (χ4n) is 2.25. The van der Waals surface area contributed by atoms with Crippen LogP contribution in [-0.2, 0) is 17.7 Å². The summed E-state index contributed by atoms with van der Waals surface area (Å²) >= 11 is 0. The summed E-state index contributed by atoms with van der Waals surface area (Å²) in [7, 11) is 0. The van der Waals surface area contributed by atoms with E-state index in [1.54, 1.807) is 20.8 Å². The van der Waals surface area contributed by atoms with Gasteiger partial charge in [-0.25, -0.2) is 9.59 Å². The predicted molar refractivity (Wildman–Crippen MR) is 74.4 cm³/mol. The molecule has 1 aromatic heterocycles. The Bertz CT molecular complexity index is 642. The van der Waals surface area contributed by atoms with Gasteiger partial charge in [-0.2, -0.15) is 0 Å². The highest BCUT2D eigenvalue weighted by atomic mass is 16.6. The average molecular weight is 294 g/mol. The van der Waals surface area contributed by atoms with E-state index in [-0.39, 0.29) is 17.7 Å². The first-order valence-corrected chi connectivity index (χ1v) is 6.63. The number of nitrogens with zero attached hydrogens (tertiary/aromatic N) is 1. The highest BCUT2D eigenvalue weighted by molar-refractivity contribution is 5.89. The summed E-state index contributed by atoms with van der Waals surface area (Å²) in [5.41, 5.74) is -0.115. The zero-order valence-corrected chi connectivity index (χ0v) is 12.2. The van der Waals surface area contributed by atoms with E-state index < -0.39 is 17.7 Å². The third-order valence-electron chi connectivity index (χ3n) is 3.17. The molecule has 0 bridgehead atoms. The number of aromatic carboxylic acids is 1. The molecule has 0 fully saturated rings. The van der Waals surface area contributed by atoms with Gasteiger partial charge in [-0.05, 0) is 32.8 Å². The van der Waals surface area contributed by atoms with Gasteiger partial charge in [0.25, 0.3) is 5.56 Å². The van der Waals surface area contributed by atoms with E-state index in [1.165, 1.54) is 11.1 Å². The van der Waals surface area contributed by atoms with Crippen molar-refractivity contribution in [2.45, 2.75) is 39.3 Å². The average Bonchev–Trinajstić information content (AvgIpc) is 2.36. The monoisotopic (exact) mass is 294 g/mol. The van der Waals surface area contributed by atoms with Gasteiger partial charge in [-0.1, -0.05) is 0 Å². The first kappa shape index (κ1) is 15.1. The summed E-state index contributed by atoms with van der Waals surface area (Å²) in [6, 6.07) is 0. The topological polar surface area (TPSA) is 99.7 Å². The lowest BCUT2D eigenvalue weighted by Crippen LogP contribution is -2.42. The molecule has 21 heavy (non-hydrogen) atoms. The molecular weight excluding hydrogens is 276 g/mol. The molecule has 7 nitrogen and oxygen atoms in total. The lowest BCUT2D eigenvalue weighted by molar-refractivity contribution is 0.0221. The number of pyridine rings is 1. The maximum atomic E-state index is 12.1. The number of ether oxygens (including phenoxy) is 1. The third kappa shape index (κ3) is 3.24. The Kier molecular flexibility index (Phi) is 3.76. The number of carbonyl (C=O) groups is 2. The van der Waals surface area contributed by atoms with Crippen LogP contribution < -0.4 is 5.56 Å². The maximum Gasteiger partial charge on any atom is 0.410 e. The molecule has 2 N–H and O–H groups in total. The highest BCUT2D eigenvalue weighted by Gasteiger charge is 2.29. The van der Waals surface area contributed by atoms with E-state index in [4.69, 9.17) is 4.74 Å². The number of hydrogen-bond donors (Lipinski definition) is 2. The summed E-state index contributed by atoms with van der Waals surface area (Å²) in [6.07, 6.45) is 0.970. The SMILES string of the molecule is CC(C)(C)OC(=O)N1CCc2c(c(C(=O)O)c[nH]c2=O)C1. The number of rotatable bonds is 1. The van der Waals surface area contributed by atoms with Crippen molar-refractivity contribution in [3.05, 3.63) is 33.2 Å². The quantitative estimate of drug-likeness (QED) is 0.814. The van der Waals surface area contributed by atoms with Crippen molar-refractivity contribution in [3.63, 3.8) is 0 Å². The highest BCUT2D eigenvalue weighted by Crippen LogP contribution is 2.21. The molecule has 114 valence electrons. The minimum atomic E-state index is -1.13. The largest absolute Gasteiger partial charge is 0.478 e. The molecule has 0 spiro atoms. The van der Waals surface area contributed by atoms with Gasteiger partial charge in [0.05, 0.1) is 12.1 Å². The van der Waals surface area contributed by atoms with E-state index in [0.717, 1.165) is 0 Å². The molecule has 7 heteroatoms. The molecule has 2 rings (SSSR count). The zero-order valence-electron chi connectivity index (χ0n) is 12.2. The number of fused-ring (bicyclic) bond motifs is 1. The number of carboxylic acids is 1. The molecule has 0 aliphatic carbocycles. The number of carbonyl (C=O) groups excluding carboxylic acids is 1. The predicted octanol–water partition coefficient (Wildman–Crippen LogP) is 1.37. The van der Waals surface area contributed by atoms with E-state index in [1.807, 2.05) is 0 Å². The molecule has 0 saturated heterocycles. The second kappa shape index (κ2) is 5.23. The van der Waals surface area contributed by atoms with Gasteiger partial charge in [0.1, 0.15) is 5.60 Å². The van der Waals surface area contributed by atoms with Crippen LogP contribution in [0.2, 0.25) is 0 Å². The van der Waals surface area contributed by atoms with Gasteiger partial charge in [-0.3, -0.25) is 4.79 Å². The molecular formula is C14H18N2O5. The van der Waals surface area contributed by atoms with Crippen LogP contribution in [0.3, 0.4) is 0 Å². The summed E-state index contributed by atoms with van der Waals surface area (Å²) < 4.78 is 5.28. The number of aromatic nitrogens is 1. The first-order valence-electron chi connectivity index (χ1n) is 6.63. The Morgan fingerprint density at radius 3 is 2.57 bits per heavy atom. The summed E-state index contributed by atoms with van der Waals surface area (Å²) in [5, 5.41) is 9.19. The fourth-order valence-corrected chi connectivity index (χ4v) is 2.25. The Balaban J connectivity index is 2.31. The van der Waals surface area contributed by atoms with Gasteiger partial charge in [-0.15, -0.1) is 0 Å². The van der Waals surface area contributed by atoms with Crippen molar-refractivity contribution in [3.8, 4) is 0 Å². The molecule has 0 unspecified atom stereocenters. The van der Waals surface area contributed by atoms with E-state index in [0.29, 0.717) is 24.1 Å². The van der Waals surface area contributed by atoms with Gasteiger partial charge in [0.2, 0.25) is 0 Å². The first-order chi connectivity index (χ1) is 9.69. The van der Waals surface area contributed by atoms with Crippen molar-refractivity contribution in [2.24, 2.45) is 0 Å². The minimum Gasteiger partial charge on any atom is -0.478 e. The molecule has 1 aliphatic rings. The number of aromatic amines is 1. The maximum absolute atomic E-state index is 12.1. The molecule has 0 radical (unpaired) electrons. The van der Waals surface area contributed by atoms with Crippen LogP contribution in [0, 0.1) is 0 Å². The second-order valence-electron chi connectivity index (χ2n) is 5.95. The van der Waals surface area contributed by atoms with Crippen molar-refractivity contribution < 1.29 is 19.4 Å². The Morgan fingerprint density at radius 1 is 1.33 bits per heavy atom. The second-order valence-corrected chi connectivity index (χ2v) is 5.95. The van der Waals surface area contributed by atoms with Crippen LogP contribution in [0.5, 0.6) is 0 Å². The van der Waals surface area contributed by atoms with Gasteiger partial charge < -0.3 is 19.7 Å². The normalized spacial score (nSPS) is 14.5. The molecule has 2 heterocycles. The third-order valence-corrected chi connectivity index (χ3v) is 3.17. The van der Waals surface area contributed by atoms with Crippen LogP contribution >= 0.6 is 0 Å². The summed E-state index contributed by atoms with van der Waals surface area (Å²) in [6.45, 7) is 5.67. The zero-order chi connectivity index (χ0) is 15.8. The van der Waals surface area contributed by atoms with E-state index in [2.05, 4.69) is 4.98 Å².